The predicted molar refractivity (Wildman–Crippen MR) is 71.7 cm³/mol. The van der Waals surface area contributed by atoms with Crippen LogP contribution in [0.15, 0.2) is 11.4 Å². The van der Waals surface area contributed by atoms with Crippen LogP contribution in [0.1, 0.15) is 28.9 Å². The first-order chi connectivity index (χ1) is 7.66. The van der Waals surface area contributed by atoms with Gasteiger partial charge in [-0.2, -0.15) is 0 Å². The van der Waals surface area contributed by atoms with Crippen LogP contribution in [0.5, 0.6) is 0 Å². The zero-order valence-corrected chi connectivity index (χ0v) is 11.9. The first-order valence-corrected chi connectivity index (χ1v) is 7.49. The fraction of sp³-hybridized carbons (Fsp3) is 0.545. The molecule has 1 aromatic rings. The van der Waals surface area contributed by atoms with Crippen molar-refractivity contribution in [2.75, 3.05) is 6.54 Å². The molecular weight excluding hydrogens is 310 g/mol. The molecule has 0 radical (unpaired) electrons. The Bertz CT molecular complexity index is 382. The van der Waals surface area contributed by atoms with Gasteiger partial charge in [0.1, 0.15) is 4.88 Å². The molecule has 5 heteroatoms. The van der Waals surface area contributed by atoms with Gasteiger partial charge in [-0.05, 0) is 36.6 Å². The highest BCUT2D eigenvalue weighted by Crippen LogP contribution is 2.30. The molecule has 0 spiro atoms. The highest BCUT2D eigenvalue weighted by atomic mass is 79.9. The third-order valence-corrected chi connectivity index (χ3v) is 5.02. The molecule has 1 aromatic heterocycles. The summed E-state index contributed by atoms with van der Waals surface area (Å²) in [6.45, 7) is 0.759. The quantitative estimate of drug-likeness (QED) is 0.845. The fourth-order valence-electron chi connectivity index (χ4n) is 1.97. The summed E-state index contributed by atoms with van der Waals surface area (Å²) in [6, 6.07) is 1.76. The van der Waals surface area contributed by atoms with E-state index in [0.29, 0.717) is 20.6 Å². The van der Waals surface area contributed by atoms with Crippen molar-refractivity contribution in [2.24, 2.45) is 5.92 Å². The van der Waals surface area contributed by atoms with Gasteiger partial charge >= 0.3 is 0 Å². The molecule has 1 aliphatic carbocycles. The minimum absolute atomic E-state index is 0.0435. The van der Waals surface area contributed by atoms with Crippen molar-refractivity contribution in [3.63, 3.8) is 0 Å². The summed E-state index contributed by atoms with van der Waals surface area (Å²) in [4.78, 5) is 13.0. The molecule has 2 unspecified atom stereocenters. The van der Waals surface area contributed by atoms with Crippen molar-refractivity contribution in [1.29, 1.82) is 0 Å². The SMILES string of the molecule is O=C(NCC1CCC(Br)C1)c1sccc1Cl. The van der Waals surface area contributed by atoms with Crippen molar-refractivity contribution in [1.82, 2.24) is 5.32 Å². The lowest BCUT2D eigenvalue weighted by atomic mass is 10.1. The van der Waals surface area contributed by atoms with Crippen LogP contribution in [0.4, 0.5) is 0 Å². The van der Waals surface area contributed by atoms with Crippen molar-refractivity contribution in [3.8, 4) is 0 Å². The van der Waals surface area contributed by atoms with Crippen LogP contribution in [0.3, 0.4) is 0 Å². The summed E-state index contributed by atoms with van der Waals surface area (Å²) in [5, 5.41) is 5.34. The minimum atomic E-state index is -0.0435. The second-order valence-corrected chi connectivity index (χ2v) is 6.70. The van der Waals surface area contributed by atoms with Gasteiger partial charge in [0.15, 0.2) is 0 Å². The number of amides is 1. The second kappa shape index (κ2) is 5.52. The van der Waals surface area contributed by atoms with Gasteiger partial charge in [0, 0.05) is 11.4 Å². The normalized spacial score (nSPS) is 24.6. The van der Waals surface area contributed by atoms with Gasteiger partial charge in [-0.3, -0.25) is 4.79 Å². The van der Waals surface area contributed by atoms with Crippen molar-refractivity contribution in [3.05, 3.63) is 21.3 Å². The Hall–Kier alpha value is -0.0600. The molecule has 2 nitrogen and oxygen atoms in total. The number of thiophene rings is 1. The van der Waals surface area contributed by atoms with E-state index in [1.165, 1.54) is 24.2 Å². The summed E-state index contributed by atoms with van der Waals surface area (Å²) < 4.78 is 0. The number of rotatable bonds is 3. The highest BCUT2D eigenvalue weighted by Gasteiger charge is 2.23. The lowest BCUT2D eigenvalue weighted by Crippen LogP contribution is -2.28. The number of halogens is 2. The predicted octanol–water partition coefficient (Wildman–Crippen LogP) is 3.69. The lowest BCUT2D eigenvalue weighted by molar-refractivity contribution is 0.0951. The molecule has 1 N–H and O–H groups in total. The summed E-state index contributed by atoms with van der Waals surface area (Å²) in [6.07, 6.45) is 3.55. The van der Waals surface area contributed by atoms with Gasteiger partial charge in [0.05, 0.1) is 5.02 Å². The van der Waals surface area contributed by atoms with Gasteiger partial charge < -0.3 is 5.32 Å². The van der Waals surface area contributed by atoms with E-state index in [2.05, 4.69) is 21.2 Å². The van der Waals surface area contributed by atoms with Crippen LogP contribution < -0.4 is 5.32 Å². The number of nitrogens with one attached hydrogen (secondary N) is 1. The Morgan fingerprint density at radius 1 is 1.62 bits per heavy atom. The smallest absolute Gasteiger partial charge is 0.262 e. The maximum absolute atomic E-state index is 11.8. The Morgan fingerprint density at radius 3 is 3.00 bits per heavy atom. The number of hydrogen-bond acceptors (Lipinski definition) is 2. The molecule has 0 bridgehead atoms. The summed E-state index contributed by atoms with van der Waals surface area (Å²) in [5.41, 5.74) is 0. The van der Waals surface area contributed by atoms with E-state index in [9.17, 15) is 4.79 Å². The average molecular weight is 323 g/mol. The molecule has 1 saturated carbocycles. The summed E-state index contributed by atoms with van der Waals surface area (Å²) >= 11 is 10.9. The van der Waals surface area contributed by atoms with Crippen molar-refractivity contribution >= 4 is 44.8 Å². The Balaban J connectivity index is 1.82. The van der Waals surface area contributed by atoms with E-state index in [4.69, 9.17) is 11.6 Å². The second-order valence-electron chi connectivity index (χ2n) is 4.08. The number of carbonyl (C=O) groups is 1. The van der Waals surface area contributed by atoms with E-state index in [-0.39, 0.29) is 5.91 Å². The monoisotopic (exact) mass is 321 g/mol. The van der Waals surface area contributed by atoms with Crippen LogP contribution in [-0.2, 0) is 0 Å². The van der Waals surface area contributed by atoms with Crippen molar-refractivity contribution in [2.45, 2.75) is 24.1 Å². The number of alkyl halides is 1. The first kappa shape index (κ1) is 12.4. The van der Waals surface area contributed by atoms with Crippen molar-refractivity contribution < 1.29 is 4.79 Å². The molecule has 1 fully saturated rings. The van der Waals surface area contributed by atoms with Gasteiger partial charge in [-0.1, -0.05) is 27.5 Å². The van der Waals surface area contributed by atoms with E-state index < -0.39 is 0 Å². The topological polar surface area (TPSA) is 29.1 Å². The molecule has 0 saturated heterocycles. The van der Waals surface area contributed by atoms with Gasteiger partial charge in [-0.25, -0.2) is 0 Å². The van der Waals surface area contributed by atoms with E-state index in [1.54, 1.807) is 6.07 Å². The molecule has 16 heavy (non-hydrogen) atoms. The molecule has 88 valence electrons. The summed E-state index contributed by atoms with van der Waals surface area (Å²) in [7, 11) is 0. The van der Waals surface area contributed by atoms with Crippen LogP contribution in [0.25, 0.3) is 0 Å². The third-order valence-electron chi connectivity index (χ3n) is 2.85. The standard InChI is InChI=1S/C11H13BrClNOS/c12-8-2-1-7(5-8)6-14-11(15)10-9(13)3-4-16-10/h3-4,7-8H,1-2,5-6H2,(H,14,15). The maximum atomic E-state index is 11.8. The zero-order valence-electron chi connectivity index (χ0n) is 8.71. The molecule has 1 heterocycles. The number of carbonyl (C=O) groups excluding carboxylic acids is 1. The van der Waals surface area contributed by atoms with Gasteiger partial charge in [0.2, 0.25) is 0 Å². The van der Waals surface area contributed by atoms with Crippen LogP contribution in [-0.4, -0.2) is 17.3 Å². The van der Waals surface area contributed by atoms with Crippen LogP contribution in [0.2, 0.25) is 5.02 Å². The minimum Gasteiger partial charge on any atom is -0.351 e. The molecular formula is C11H13BrClNOS. The Labute approximate surface area is 113 Å². The van der Waals surface area contributed by atoms with Crippen LogP contribution >= 0.6 is 38.9 Å². The number of hydrogen-bond donors (Lipinski definition) is 1. The molecule has 1 aliphatic rings. The first-order valence-electron chi connectivity index (χ1n) is 5.32. The Morgan fingerprint density at radius 2 is 2.44 bits per heavy atom. The molecule has 0 aromatic carbocycles. The largest absolute Gasteiger partial charge is 0.351 e. The van der Waals surface area contributed by atoms with E-state index in [0.717, 1.165) is 13.0 Å². The lowest BCUT2D eigenvalue weighted by Gasteiger charge is -2.10. The van der Waals surface area contributed by atoms with Gasteiger partial charge in [0.25, 0.3) is 5.91 Å². The third kappa shape index (κ3) is 2.99. The fourth-order valence-corrected chi connectivity index (χ4v) is 3.82. The maximum Gasteiger partial charge on any atom is 0.262 e. The molecule has 0 aliphatic heterocycles. The molecule has 2 atom stereocenters. The highest BCUT2D eigenvalue weighted by molar-refractivity contribution is 9.09. The summed E-state index contributed by atoms with van der Waals surface area (Å²) in [5.74, 6) is 0.560. The molecule has 2 rings (SSSR count). The average Bonchev–Trinajstić information content (AvgIpc) is 2.84. The zero-order chi connectivity index (χ0) is 11.5. The Kier molecular flexibility index (Phi) is 4.27. The molecule has 1 amide bonds. The van der Waals surface area contributed by atoms with E-state index in [1.807, 2.05) is 5.38 Å². The van der Waals surface area contributed by atoms with E-state index >= 15 is 0 Å². The van der Waals surface area contributed by atoms with Gasteiger partial charge in [-0.15, -0.1) is 11.3 Å². The van der Waals surface area contributed by atoms with Crippen LogP contribution in [0, 0.1) is 5.92 Å².